The number of nitrogens with two attached hydrogens (primary N) is 1. The smallest absolute Gasteiger partial charge is 0.142 e. The Balaban J connectivity index is 2.12. The monoisotopic (exact) mass is 153 g/mol. The molecule has 0 saturated heterocycles. The Hall–Kier alpha value is -0.370. The highest BCUT2D eigenvalue weighted by molar-refractivity contribution is 5.92. The van der Waals surface area contributed by atoms with Gasteiger partial charge in [0.2, 0.25) is 0 Å². The summed E-state index contributed by atoms with van der Waals surface area (Å²) in [6, 6.07) is 0.190. The van der Waals surface area contributed by atoms with Crippen LogP contribution < -0.4 is 5.73 Å². The van der Waals surface area contributed by atoms with E-state index in [4.69, 9.17) is 5.73 Å². The summed E-state index contributed by atoms with van der Waals surface area (Å²) in [4.78, 5) is 11.3. The molecule has 1 atom stereocenters. The lowest BCUT2D eigenvalue weighted by molar-refractivity contribution is -0.143. The molecule has 2 nitrogen and oxygen atoms in total. The fourth-order valence-electron chi connectivity index (χ4n) is 2.51. The molecule has 0 unspecified atom stereocenters. The quantitative estimate of drug-likeness (QED) is 0.569. The minimum absolute atomic E-state index is 0.0434. The molecule has 2 heteroatoms. The van der Waals surface area contributed by atoms with Gasteiger partial charge in [-0.2, -0.15) is 0 Å². The molecule has 0 radical (unpaired) electrons. The highest BCUT2D eigenvalue weighted by atomic mass is 16.1. The molecule has 0 aliphatic heterocycles. The Morgan fingerprint density at radius 2 is 1.91 bits per heavy atom. The third-order valence-corrected chi connectivity index (χ3v) is 3.42. The first kappa shape index (κ1) is 7.29. The number of carbonyl (C=O) groups is 1. The first-order valence-electron chi connectivity index (χ1n) is 4.55. The second-order valence-corrected chi connectivity index (χ2v) is 3.95. The molecule has 0 bridgehead atoms. The Kier molecular flexibility index (Phi) is 1.53. The van der Waals surface area contributed by atoms with Crippen molar-refractivity contribution >= 4 is 5.78 Å². The molecule has 2 N–H and O–H groups in total. The lowest BCUT2D eigenvalue weighted by Crippen LogP contribution is -2.59. The fourth-order valence-corrected chi connectivity index (χ4v) is 2.51. The van der Waals surface area contributed by atoms with Gasteiger partial charge in [0, 0.05) is 17.9 Å². The van der Waals surface area contributed by atoms with E-state index in [1.807, 2.05) is 0 Å². The van der Waals surface area contributed by atoms with E-state index in [-0.39, 0.29) is 11.5 Å². The van der Waals surface area contributed by atoms with Gasteiger partial charge < -0.3 is 5.73 Å². The molecular formula is C9H15NO. The van der Waals surface area contributed by atoms with Crippen molar-refractivity contribution in [1.82, 2.24) is 0 Å². The van der Waals surface area contributed by atoms with Crippen LogP contribution in [0.1, 0.15) is 38.5 Å². The Bertz CT molecular complexity index is 182. The molecule has 11 heavy (non-hydrogen) atoms. The second-order valence-electron chi connectivity index (χ2n) is 3.95. The van der Waals surface area contributed by atoms with Gasteiger partial charge in [-0.3, -0.25) is 4.79 Å². The molecule has 0 aromatic carbocycles. The molecule has 2 rings (SSSR count). The van der Waals surface area contributed by atoms with Crippen LogP contribution >= 0.6 is 0 Å². The zero-order valence-corrected chi connectivity index (χ0v) is 6.81. The SMILES string of the molecule is N[C@@H]1CC(=O)C12CCCCC2. The molecule has 2 saturated carbocycles. The number of hydrogen-bond donors (Lipinski definition) is 1. The normalized spacial score (nSPS) is 35.4. The van der Waals surface area contributed by atoms with Crippen molar-refractivity contribution in [1.29, 1.82) is 0 Å². The average molecular weight is 153 g/mol. The summed E-state index contributed by atoms with van der Waals surface area (Å²) in [7, 11) is 0. The standard InChI is InChI=1S/C9H15NO/c10-7-6-8(11)9(7)4-2-1-3-5-9/h7H,1-6,10H2/t7-/m1/s1. The molecule has 0 aromatic rings. The molecule has 0 heterocycles. The molecule has 2 aliphatic rings. The van der Waals surface area contributed by atoms with E-state index < -0.39 is 0 Å². The predicted octanol–water partition coefficient (Wildman–Crippen LogP) is 1.24. The molecular weight excluding hydrogens is 138 g/mol. The van der Waals surface area contributed by atoms with Crippen LogP contribution in [0.15, 0.2) is 0 Å². The van der Waals surface area contributed by atoms with E-state index in [1.165, 1.54) is 19.3 Å². The van der Waals surface area contributed by atoms with Gasteiger partial charge in [0.15, 0.2) is 0 Å². The van der Waals surface area contributed by atoms with Crippen LogP contribution in [0, 0.1) is 5.41 Å². The largest absolute Gasteiger partial charge is 0.326 e. The van der Waals surface area contributed by atoms with Crippen LogP contribution in [-0.2, 0) is 4.79 Å². The highest BCUT2D eigenvalue weighted by Crippen LogP contribution is 2.47. The van der Waals surface area contributed by atoms with Crippen LogP contribution in [-0.4, -0.2) is 11.8 Å². The molecule has 1 spiro atoms. The minimum Gasteiger partial charge on any atom is -0.326 e. The van der Waals surface area contributed by atoms with Gasteiger partial charge in [0.25, 0.3) is 0 Å². The van der Waals surface area contributed by atoms with Crippen LogP contribution in [0.4, 0.5) is 0 Å². The Morgan fingerprint density at radius 1 is 1.27 bits per heavy atom. The molecule has 2 aliphatic carbocycles. The van der Waals surface area contributed by atoms with Crippen LogP contribution in [0.3, 0.4) is 0 Å². The summed E-state index contributed by atoms with van der Waals surface area (Å²) in [6.07, 6.45) is 6.47. The number of hydrogen-bond acceptors (Lipinski definition) is 2. The predicted molar refractivity (Wildman–Crippen MR) is 43.1 cm³/mol. The van der Waals surface area contributed by atoms with Crippen molar-refractivity contribution < 1.29 is 4.79 Å². The van der Waals surface area contributed by atoms with Crippen molar-refractivity contribution in [2.75, 3.05) is 0 Å². The third kappa shape index (κ3) is 0.853. The van der Waals surface area contributed by atoms with Crippen molar-refractivity contribution in [2.45, 2.75) is 44.6 Å². The van der Waals surface area contributed by atoms with E-state index in [2.05, 4.69) is 0 Å². The topological polar surface area (TPSA) is 43.1 Å². The molecule has 62 valence electrons. The van der Waals surface area contributed by atoms with Gasteiger partial charge in [0.05, 0.1) is 0 Å². The van der Waals surface area contributed by atoms with Crippen LogP contribution in [0.2, 0.25) is 0 Å². The van der Waals surface area contributed by atoms with Crippen molar-refractivity contribution in [2.24, 2.45) is 11.1 Å². The summed E-state index contributed by atoms with van der Waals surface area (Å²) in [5.74, 6) is 0.435. The lowest BCUT2D eigenvalue weighted by Gasteiger charge is -2.48. The third-order valence-electron chi connectivity index (χ3n) is 3.42. The number of carbonyl (C=O) groups excluding carboxylic acids is 1. The zero-order chi connectivity index (χ0) is 7.90. The highest BCUT2D eigenvalue weighted by Gasteiger charge is 2.52. The van der Waals surface area contributed by atoms with Gasteiger partial charge in [-0.25, -0.2) is 0 Å². The average Bonchev–Trinajstić information content (AvgIpc) is 2.07. The number of rotatable bonds is 0. The lowest BCUT2D eigenvalue weighted by atomic mass is 9.57. The maximum atomic E-state index is 11.3. The van der Waals surface area contributed by atoms with Crippen LogP contribution in [0.5, 0.6) is 0 Å². The minimum atomic E-state index is -0.0434. The number of Topliss-reactive ketones (excluding diaryl/α,β-unsaturated/α-hetero) is 1. The fraction of sp³-hybridized carbons (Fsp3) is 0.889. The number of ketones is 1. The summed E-state index contributed by atoms with van der Waals surface area (Å²) >= 11 is 0. The van der Waals surface area contributed by atoms with Crippen molar-refractivity contribution in [3.63, 3.8) is 0 Å². The molecule has 2 fully saturated rings. The van der Waals surface area contributed by atoms with Gasteiger partial charge in [0.1, 0.15) is 5.78 Å². The maximum Gasteiger partial charge on any atom is 0.142 e. The van der Waals surface area contributed by atoms with Crippen LogP contribution in [0.25, 0.3) is 0 Å². The zero-order valence-electron chi connectivity index (χ0n) is 6.81. The van der Waals surface area contributed by atoms with E-state index in [9.17, 15) is 4.79 Å². The summed E-state index contributed by atoms with van der Waals surface area (Å²) in [5, 5.41) is 0. The maximum absolute atomic E-state index is 11.3. The summed E-state index contributed by atoms with van der Waals surface area (Å²) in [5.41, 5.74) is 5.81. The van der Waals surface area contributed by atoms with Gasteiger partial charge in [-0.05, 0) is 12.8 Å². The summed E-state index contributed by atoms with van der Waals surface area (Å²) in [6.45, 7) is 0. The second kappa shape index (κ2) is 2.31. The van der Waals surface area contributed by atoms with E-state index >= 15 is 0 Å². The Labute approximate surface area is 67.1 Å². The van der Waals surface area contributed by atoms with E-state index in [0.29, 0.717) is 12.2 Å². The van der Waals surface area contributed by atoms with Gasteiger partial charge in [-0.15, -0.1) is 0 Å². The van der Waals surface area contributed by atoms with Crippen molar-refractivity contribution in [3.05, 3.63) is 0 Å². The summed E-state index contributed by atoms with van der Waals surface area (Å²) < 4.78 is 0. The molecule has 0 aromatic heterocycles. The van der Waals surface area contributed by atoms with E-state index in [1.54, 1.807) is 0 Å². The van der Waals surface area contributed by atoms with Crippen molar-refractivity contribution in [3.8, 4) is 0 Å². The first-order chi connectivity index (χ1) is 5.26. The Morgan fingerprint density at radius 3 is 2.27 bits per heavy atom. The van der Waals surface area contributed by atoms with E-state index in [0.717, 1.165) is 12.8 Å². The van der Waals surface area contributed by atoms with Gasteiger partial charge in [-0.1, -0.05) is 19.3 Å². The molecule has 0 amide bonds. The first-order valence-corrected chi connectivity index (χ1v) is 4.55. The van der Waals surface area contributed by atoms with Gasteiger partial charge >= 0.3 is 0 Å².